The van der Waals surface area contributed by atoms with E-state index in [2.05, 4.69) is 0 Å². The highest BCUT2D eigenvalue weighted by atomic mass is 19.3. The lowest BCUT2D eigenvalue weighted by molar-refractivity contribution is 0.0644. The quantitative estimate of drug-likeness (QED) is 0.644. The first-order chi connectivity index (χ1) is 7.43. The molecule has 83 valence electrons. The average Bonchev–Trinajstić information content (AvgIpc) is 2.43. The van der Waals surface area contributed by atoms with Gasteiger partial charge >= 0.3 is 5.92 Å². The van der Waals surface area contributed by atoms with Crippen LogP contribution in [0.3, 0.4) is 0 Å². The third-order valence-electron chi connectivity index (χ3n) is 2.11. The van der Waals surface area contributed by atoms with Crippen LogP contribution in [0.4, 0.5) is 22.0 Å². The number of hydrogen-bond acceptors (Lipinski definition) is 0. The minimum atomic E-state index is -4.12. The zero-order valence-electron chi connectivity index (χ0n) is 7.70. The normalized spacial score (nSPS) is 18.9. The van der Waals surface area contributed by atoms with E-state index in [0.29, 0.717) is 0 Å². The van der Waals surface area contributed by atoms with E-state index < -0.39 is 34.5 Å². The summed E-state index contributed by atoms with van der Waals surface area (Å²) >= 11 is 0. The maximum absolute atomic E-state index is 13.2. The van der Waals surface area contributed by atoms with Gasteiger partial charge in [-0.15, -0.1) is 0 Å². The van der Waals surface area contributed by atoms with Crippen LogP contribution in [0.15, 0.2) is 35.9 Å². The second-order valence-electron chi connectivity index (χ2n) is 3.18. The summed E-state index contributed by atoms with van der Waals surface area (Å²) in [6.45, 7) is 0. The topological polar surface area (TPSA) is 0 Å². The van der Waals surface area contributed by atoms with Gasteiger partial charge in [0.05, 0.1) is 0 Å². The molecule has 0 spiro atoms. The van der Waals surface area contributed by atoms with Gasteiger partial charge in [0, 0.05) is 17.2 Å². The Morgan fingerprint density at radius 3 is 2.12 bits per heavy atom. The third kappa shape index (κ3) is 1.52. The molecule has 0 N–H and O–H groups in total. The van der Waals surface area contributed by atoms with Crippen molar-refractivity contribution >= 4 is 5.57 Å². The van der Waals surface area contributed by atoms with Crippen molar-refractivity contribution < 1.29 is 22.0 Å². The molecule has 16 heavy (non-hydrogen) atoms. The maximum atomic E-state index is 13.2. The zero-order chi connectivity index (χ0) is 11.9. The van der Waals surface area contributed by atoms with E-state index in [-0.39, 0.29) is 0 Å². The van der Waals surface area contributed by atoms with Crippen molar-refractivity contribution in [2.45, 2.75) is 5.92 Å². The number of benzene rings is 1. The van der Waals surface area contributed by atoms with Crippen LogP contribution < -0.4 is 0 Å². The van der Waals surface area contributed by atoms with Gasteiger partial charge in [-0.3, -0.25) is 0 Å². The molecule has 5 heteroatoms. The second kappa shape index (κ2) is 3.43. The van der Waals surface area contributed by atoms with Gasteiger partial charge in [-0.25, -0.2) is 13.2 Å². The highest BCUT2D eigenvalue weighted by molar-refractivity contribution is 5.80. The van der Waals surface area contributed by atoms with E-state index in [1.54, 1.807) is 0 Å². The van der Waals surface area contributed by atoms with Crippen LogP contribution in [0.2, 0.25) is 0 Å². The van der Waals surface area contributed by atoms with Gasteiger partial charge in [-0.05, 0) is 6.07 Å². The van der Waals surface area contributed by atoms with E-state index in [9.17, 15) is 22.0 Å². The number of rotatable bonds is 1. The Kier molecular flexibility index (Phi) is 2.33. The molecular formula is C11H4F5. The Hall–Kier alpha value is -1.65. The smallest absolute Gasteiger partial charge is 0.206 e. The summed E-state index contributed by atoms with van der Waals surface area (Å²) in [5.74, 6) is -9.03. The molecule has 0 aliphatic heterocycles. The fourth-order valence-corrected chi connectivity index (χ4v) is 1.36. The summed E-state index contributed by atoms with van der Waals surface area (Å²) < 4.78 is 64.4. The molecule has 0 saturated carbocycles. The summed E-state index contributed by atoms with van der Waals surface area (Å²) in [5, 5.41) is 0. The molecule has 2 rings (SSSR count). The molecule has 1 aliphatic carbocycles. The van der Waals surface area contributed by atoms with Gasteiger partial charge in [-0.1, -0.05) is 18.2 Å². The molecule has 0 unspecified atom stereocenters. The summed E-state index contributed by atoms with van der Waals surface area (Å²) in [7, 11) is 0. The van der Waals surface area contributed by atoms with E-state index in [4.69, 9.17) is 0 Å². The minimum Gasteiger partial charge on any atom is -0.206 e. The molecule has 0 saturated heterocycles. The molecule has 0 bridgehead atoms. The minimum absolute atomic E-state index is 0.438. The van der Waals surface area contributed by atoms with Crippen molar-refractivity contribution in [3.63, 3.8) is 0 Å². The van der Waals surface area contributed by atoms with E-state index in [1.807, 2.05) is 0 Å². The van der Waals surface area contributed by atoms with Gasteiger partial charge in [0.25, 0.3) is 0 Å². The first-order valence-electron chi connectivity index (χ1n) is 4.27. The fourth-order valence-electron chi connectivity index (χ4n) is 1.36. The second-order valence-corrected chi connectivity index (χ2v) is 3.18. The summed E-state index contributed by atoms with van der Waals surface area (Å²) in [6, 6.07) is 4.68. The molecule has 0 heterocycles. The maximum Gasteiger partial charge on any atom is 0.328 e. The standard InChI is InChI=1S/C11H4F5/c12-8-4-2-1-3-6(8)7-5-11(15,16)10(14)9(7)13/h1-4H. The molecule has 0 atom stereocenters. The highest BCUT2D eigenvalue weighted by Gasteiger charge is 2.44. The Morgan fingerprint density at radius 1 is 1.00 bits per heavy atom. The number of allylic oxidation sites excluding steroid dienone is 4. The van der Waals surface area contributed by atoms with Crippen LogP contribution in [0.1, 0.15) is 5.56 Å². The van der Waals surface area contributed by atoms with Crippen LogP contribution in [-0.2, 0) is 0 Å². The Balaban J connectivity index is 2.58. The zero-order valence-corrected chi connectivity index (χ0v) is 7.70. The first-order valence-corrected chi connectivity index (χ1v) is 4.27. The van der Waals surface area contributed by atoms with Gasteiger partial charge < -0.3 is 0 Å². The molecule has 0 nitrogen and oxygen atoms in total. The van der Waals surface area contributed by atoms with Crippen LogP contribution in [0, 0.1) is 11.9 Å². The largest absolute Gasteiger partial charge is 0.328 e. The molecule has 1 aromatic carbocycles. The van der Waals surface area contributed by atoms with Crippen molar-refractivity contribution in [3.05, 3.63) is 53.4 Å². The lowest BCUT2D eigenvalue weighted by Crippen LogP contribution is -2.10. The van der Waals surface area contributed by atoms with E-state index >= 15 is 0 Å². The highest BCUT2D eigenvalue weighted by Crippen LogP contribution is 2.43. The number of alkyl halides is 2. The Bertz CT molecular complexity index is 499. The lowest BCUT2D eigenvalue weighted by Gasteiger charge is -2.02. The summed E-state index contributed by atoms with van der Waals surface area (Å²) in [5.41, 5.74) is -1.31. The molecule has 1 aliphatic rings. The molecule has 1 aromatic rings. The molecule has 0 fully saturated rings. The SMILES string of the molecule is FC1=C(F)C(F)(F)[C]=C1c1ccccc1F. The van der Waals surface area contributed by atoms with Gasteiger partial charge in [0.2, 0.25) is 5.83 Å². The van der Waals surface area contributed by atoms with Crippen LogP contribution in [0.25, 0.3) is 5.57 Å². The van der Waals surface area contributed by atoms with Crippen molar-refractivity contribution in [1.82, 2.24) is 0 Å². The third-order valence-corrected chi connectivity index (χ3v) is 2.11. The van der Waals surface area contributed by atoms with Crippen molar-refractivity contribution in [2.75, 3.05) is 0 Å². The average molecular weight is 231 g/mol. The Morgan fingerprint density at radius 2 is 1.62 bits per heavy atom. The molecular weight excluding hydrogens is 227 g/mol. The first kappa shape index (κ1) is 10.9. The lowest BCUT2D eigenvalue weighted by atomic mass is 10.1. The predicted octanol–water partition coefficient (Wildman–Crippen LogP) is 3.81. The van der Waals surface area contributed by atoms with Gasteiger partial charge in [0.1, 0.15) is 5.82 Å². The van der Waals surface area contributed by atoms with Crippen molar-refractivity contribution in [3.8, 4) is 0 Å². The van der Waals surface area contributed by atoms with Crippen LogP contribution >= 0.6 is 0 Å². The summed E-state index contributed by atoms with van der Waals surface area (Å²) in [6.07, 6.45) is 1.31. The molecule has 1 radical (unpaired) electrons. The predicted molar refractivity (Wildman–Crippen MR) is 47.2 cm³/mol. The van der Waals surface area contributed by atoms with Crippen molar-refractivity contribution in [2.24, 2.45) is 0 Å². The van der Waals surface area contributed by atoms with Gasteiger partial charge in [-0.2, -0.15) is 8.78 Å². The number of halogens is 5. The Labute approximate surface area is 87.7 Å². The van der Waals surface area contributed by atoms with Gasteiger partial charge in [0.15, 0.2) is 5.83 Å². The fraction of sp³-hybridized carbons (Fsp3) is 0.0909. The monoisotopic (exact) mass is 231 g/mol. The molecule has 0 amide bonds. The van der Waals surface area contributed by atoms with E-state index in [0.717, 1.165) is 12.1 Å². The van der Waals surface area contributed by atoms with Crippen molar-refractivity contribution in [1.29, 1.82) is 0 Å². The van der Waals surface area contributed by atoms with Crippen LogP contribution in [-0.4, -0.2) is 5.92 Å². The summed E-state index contributed by atoms with van der Waals surface area (Å²) in [4.78, 5) is 0. The molecule has 0 aromatic heterocycles. The number of hydrogen-bond donors (Lipinski definition) is 0. The van der Waals surface area contributed by atoms with Crippen LogP contribution in [0.5, 0.6) is 0 Å². The van der Waals surface area contributed by atoms with E-state index in [1.165, 1.54) is 18.2 Å².